The van der Waals surface area contributed by atoms with Gasteiger partial charge in [0.05, 0.1) is 19.5 Å². The molecular formula is C11H11N5O2. The van der Waals surface area contributed by atoms with Crippen LogP contribution in [0.3, 0.4) is 0 Å². The van der Waals surface area contributed by atoms with Gasteiger partial charge in [-0.05, 0) is 12.1 Å². The van der Waals surface area contributed by atoms with Crippen LogP contribution in [0.15, 0.2) is 30.6 Å². The molecular weight excluding hydrogens is 234 g/mol. The molecule has 0 saturated carbocycles. The van der Waals surface area contributed by atoms with Gasteiger partial charge < -0.3 is 10.5 Å². The van der Waals surface area contributed by atoms with Gasteiger partial charge in [0, 0.05) is 5.69 Å². The van der Waals surface area contributed by atoms with Crippen LogP contribution < -0.4 is 15.8 Å². The number of carbonyl (C=O) groups is 1. The first kappa shape index (κ1) is 11.8. The maximum absolute atomic E-state index is 12.0. The SMILES string of the molecule is COc1cccc(N)c1C(=O)Nc1nccnn1. The molecule has 1 aromatic heterocycles. The van der Waals surface area contributed by atoms with Crippen molar-refractivity contribution in [1.29, 1.82) is 0 Å². The van der Waals surface area contributed by atoms with Crippen molar-refractivity contribution in [2.75, 3.05) is 18.2 Å². The number of nitrogens with one attached hydrogen (secondary N) is 1. The molecule has 18 heavy (non-hydrogen) atoms. The lowest BCUT2D eigenvalue weighted by Crippen LogP contribution is -2.17. The number of nitrogen functional groups attached to an aromatic ring is 1. The number of methoxy groups -OCH3 is 1. The van der Waals surface area contributed by atoms with E-state index in [9.17, 15) is 4.79 Å². The molecule has 0 aliphatic carbocycles. The van der Waals surface area contributed by atoms with Crippen molar-refractivity contribution in [2.24, 2.45) is 0 Å². The monoisotopic (exact) mass is 245 g/mol. The van der Waals surface area contributed by atoms with Crippen LogP contribution in [0.5, 0.6) is 5.75 Å². The number of rotatable bonds is 3. The molecule has 0 spiro atoms. The summed E-state index contributed by atoms with van der Waals surface area (Å²) in [5, 5.41) is 9.75. The summed E-state index contributed by atoms with van der Waals surface area (Å²) in [4.78, 5) is 15.9. The Bertz CT molecular complexity index is 559. The highest BCUT2D eigenvalue weighted by Gasteiger charge is 2.16. The largest absolute Gasteiger partial charge is 0.496 e. The van der Waals surface area contributed by atoms with E-state index >= 15 is 0 Å². The van der Waals surface area contributed by atoms with E-state index in [1.165, 1.54) is 19.5 Å². The van der Waals surface area contributed by atoms with Crippen LogP contribution in [0.25, 0.3) is 0 Å². The Morgan fingerprint density at radius 3 is 2.89 bits per heavy atom. The van der Waals surface area contributed by atoms with Gasteiger partial charge in [0.25, 0.3) is 5.91 Å². The van der Waals surface area contributed by atoms with Crippen molar-refractivity contribution in [2.45, 2.75) is 0 Å². The molecule has 1 amide bonds. The summed E-state index contributed by atoms with van der Waals surface area (Å²) in [7, 11) is 1.46. The fourth-order valence-corrected chi connectivity index (χ4v) is 1.43. The third-order valence-corrected chi connectivity index (χ3v) is 2.21. The molecule has 0 aliphatic heterocycles. The molecule has 7 nitrogen and oxygen atoms in total. The molecule has 1 aromatic carbocycles. The molecule has 0 fully saturated rings. The van der Waals surface area contributed by atoms with Crippen LogP contribution in [-0.2, 0) is 0 Å². The summed E-state index contributed by atoms with van der Waals surface area (Å²) >= 11 is 0. The molecule has 0 radical (unpaired) electrons. The maximum atomic E-state index is 12.0. The van der Waals surface area contributed by atoms with Crippen LogP contribution in [0.4, 0.5) is 11.6 Å². The van der Waals surface area contributed by atoms with Crippen molar-refractivity contribution in [3.8, 4) is 5.75 Å². The van der Waals surface area contributed by atoms with Crippen molar-refractivity contribution >= 4 is 17.5 Å². The predicted octanol–water partition coefficient (Wildman–Crippen LogP) is 0.715. The number of amides is 1. The molecule has 0 aliphatic rings. The molecule has 0 saturated heterocycles. The Morgan fingerprint density at radius 1 is 1.39 bits per heavy atom. The fraction of sp³-hybridized carbons (Fsp3) is 0.0909. The van der Waals surface area contributed by atoms with E-state index < -0.39 is 5.91 Å². The van der Waals surface area contributed by atoms with Crippen LogP contribution in [0.1, 0.15) is 10.4 Å². The predicted molar refractivity (Wildman–Crippen MR) is 65.2 cm³/mol. The van der Waals surface area contributed by atoms with Crippen molar-refractivity contribution in [3.63, 3.8) is 0 Å². The highest BCUT2D eigenvalue weighted by molar-refractivity contribution is 6.09. The van der Waals surface area contributed by atoms with E-state index in [1.807, 2.05) is 0 Å². The Labute approximate surface area is 103 Å². The third-order valence-electron chi connectivity index (χ3n) is 2.21. The number of ether oxygens (including phenoxy) is 1. The van der Waals surface area contributed by atoms with Gasteiger partial charge in [0.15, 0.2) is 0 Å². The second-order valence-corrected chi connectivity index (χ2v) is 3.34. The first-order chi connectivity index (χ1) is 8.72. The molecule has 92 valence electrons. The Kier molecular flexibility index (Phi) is 3.33. The topological polar surface area (TPSA) is 103 Å². The minimum atomic E-state index is -0.446. The number of hydrogen-bond donors (Lipinski definition) is 2. The van der Waals surface area contributed by atoms with Gasteiger partial charge in [-0.15, -0.1) is 5.10 Å². The highest BCUT2D eigenvalue weighted by atomic mass is 16.5. The Morgan fingerprint density at radius 2 is 2.22 bits per heavy atom. The van der Waals surface area contributed by atoms with Crippen LogP contribution >= 0.6 is 0 Å². The van der Waals surface area contributed by atoms with Gasteiger partial charge >= 0.3 is 0 Å². The summed E-state index contributed by atoms with van der Waals surface area (Å²) in [6.07, 6.45) is 2.83. The summed E-state index contributed by atoms with van der Waals surface area (Å²) in [6, 6.07) is 4.96. The van der Waals surface area contributed by atoms with E-state index in [0.29, 0.717) is 11.4 Å². The average Bonchev–Trinajstić information content (AvgIpc) is 2.39. The number of aromatic nitrogens is 3. The minimum Gasteiger partial charge on any atom is -0.496 e. The summed E-state index contributed by atoms with van der Waals surface area (Å²) in [6.45, 7) is 0. The molecule has 0 bridgehead atoms. The number of hydrogen-bond acceptors (Lipinski definition) is 6. The molecule has 7 heteroatoms. The molecule has 1 heterocycles. The molecule has 2 rings (SSSR count). The Hall–Kier alpha value is -2.70. The zero-order chi connectivity index (χ0) is 13.0. The Balaban J connectivity index is 2.29. The lowest BCUT2D eigenvalue weighted by atomic mass is 10.1. The number of anilines is 2. The zero-order valence-electron chi connectivity index (χ0n) is 9.62. The number of benzene rings is 1. The summed E-state index contributed by atoms with van der Waals surface area (Å²) in [5.74, 6) is 0.0437. The van der Waals surface area contributed by atoms with Gasteiger partial charge in [-0.3, -0.25) is 10.1 Å². The zero-order valence-corrected chi connectivity index (χ0v) is 9.62. The van der Waals surface area contributed by atoms with Crippen LogP contribution in [0.2, 0.25) is 0 Å². The fourth-order valence-electron chi connectivity index (χ4n) is 1.43. The average molecular weight is 245 g/mol. The molecule has 3 N–H and O–H groups in total. The summed E-state index contributed by atoms with van der Waals surface area (Å²) in [5.41, 5.74) is 6.31. The second-order valence-electron chi connectivity index (χ2n) is 3.34. The highest BCUT2D eigenvalue weighted by Crippen LogP contribution is 2.24. The van der Waals surface area contributed by atoms with Crippen molar-refractivity contribution in [1.82, 2.24) is 15.2 Å². The first-order valence-corrected chi connectivity index (χ1v) is 5.10. The maximum Gasteiger partial charge on any atom is 0.263 e. The number of nitrogens with two attached hydrogens (primary N) is 1. The van der Waals surface area contributed by atoms with Gasteiger partial charge in [-0.1, -0.05) is 6.07 Å². The third kappa shape index (κ3) is 2.34. The van der Waals surface area contributed by atoms with Crippen molar-refractivity contribution in [3.05, 3.63) is 36.2 Å². The van der Waals surface area contributed by atoms with E-state index in [-0.39, 0.29) is 11.5 Å². The summed E-state index contributed by atoms with van der Waals surface area (Å²) < 4.78 is 5.09. The second kappa shape index (κ2) is 5.09. The van der Waals surface area contributed by atoms with E-state index in [4.69, 9.17) is 10.5 Å². The molecule has 0 atom stereocenters. The van der Waals surface area contributed by atoms with Gasteiger partial charge in [-0.25, -0.2) is 4.98 Å². The molecule has 2 aromatic rings. The van der Waals surface area contributed by atoms with Gasteiger partial charge in [0.1, 0.15) is 11.3 Å². The number of carbonyl (C=O) groups excluding carboxylic acids is 1. The smallest absolute Gasteiger partial charge is 0.263 e. The normalized spacial score (nSPS) is 9.83. The quantitative estimate of drug-likeness (QED) is 0.772. The molecule has 0 unspecified atom stereocenters. The van der Waals surface area contributed by atoms with Crippen molar-refractivity contribution < 1.29 is 9.53 Å². The van der Waals surface area contributed by atoms with E-state index in [1.54, 1.807) is 18.2 Å². The van der Waals surface area contributed by atoms with Gasteiger partial charge in [-0.2, -0.15) is 5.10 Å². The first-order valence-electron chi connectivity index (χ1n) is 5.10. The van der Waals surface area contributed by atoms with Crippen LogP contribution in [0, 0.1) is 0 Å². The van der Waals surface area contributed by atoms with E-state index in [2.05, 4.69) is 20.5 Å². The minimum absolute atomic E-state index is 0.104. The number of nitrogens with zero attached hydrogens (tertiary/aromatic N) is 3. The van der Waals surface area contributed by atoms with Crippen LogP contribution in [-0.4, -0.2) is 28.2 Å². The van der Waals surface area contributed by atoms with Gasteiger partial charge in [0.2, 0.25) is 5.95 Å². The standard InChI is InChI=1S/C11H11N5O2/c1-18-8-4-2-3-7(12)9(8)10(17)15-11-13-5-6-14-16-11/h2-6H,12H2,1H3,(H,13,15,16,17). The van der Waals surface area contributed by atoms with E-state index in [0.717, 1.165) is 0 Å². The lowest BCUT2D eigenvalue weighted by Gasteiger charge is -2.10. The lowest BCUT2D eigenvalue weighted by molar-refractivity contribution is 0.102.